The molecule has 0 aromatic carbocycles. The Hall–Kier alpha value is -3.03. The van der Waals surface area contributed by atoms with Crippen molar-refractivity contribution in [3.8, 4) is 0 Å². The number of hydrazone groups is 1. The van der Waals surface area contributed by atoms with Crippen molar-refractivity contribution in [1.29, 1.82) is 0 Å². The largest absolute Gasteiger partial charge is 0.340 e. The minimum Gasteiger partial charge on any atom is -0.340 e. The van der Waals surface area contributed by atoms with Crippen molar-refractivity contribution in [1.82, 2.24) is 15.0 Å². The minimum atomic E-state index is -0.180. The molecule has 0 bridgehead atoms. The standard InChI is InChI=1S/C20H25N7O/c1-3-16-19(28)26(2)17-13-22-20(25-23-12-14-8-6-7-11-21-14)24-18(17)27(16)15-9-4-5-10-15/h6-8,11-13,15-16H,3-5,9-10H2,1-2H3,(H,22,24,25)/b23-12+. The summed E-state index contributed by atoms with van der Waals surface area (Å²) in [5.41, 5.74) is 4.39. The highest BCUT2D eigenvalue weighted by Gasteiger charge is 2.41. The van der Waals surface area contributed by atoms with E-state index in [0.29, 0.717) is 12.0 Å². The number of amides is 1. The van der Waals surface area contributed by atoms with Gasteiger partial charge in [-0.15, -0.1) is 0 Å². The van der Waals surface area contributed by atoms with Crippen LogP contribution in [0.5, 0.6) is 0 Å². The van der Waals surface area contributed by atoms with Crippen molar-refractivity contribution in [2.24, 2.45) is 5.10 Å². The van der Waals surface area contributed by atoms with Crippen molar-refractivity contribution in [2.75, 3.05) is 22.3 Å². The van der Waals surface area contributed by atoms with Gasteiger partial charge in [0.1, 0.15) is 11.7 Å². The number of likely N-dealkylation sites (N-methyl/N-ethyl adjacent to an activating group) is 1. The summed E-state index contributed by atoms with van der Waals surface area (Å²) >= 11 is 0. The van der Waals surface area contributed by atoms with Crippen LogP contribution in [0.25, 0.3) is 0 Å². The highest BCUT2D eigenvalue weighted by atomic mass is 16.2. The van der Waals surface area contributed by atoms with Gasteiger partial charge in [-0.3, -0.25) is 9.78 Å². The van der Waals surface area contributed by atoms with Gasteiger partial charge in [0.25, 0.3) is 0 Å². The molecular formula is C20H25N7O. The SMILES string of the molecule is CCC1C(=O)N(C)c2cnc(N/N=C/c3ccccn3)nc2N1C1CCCC1. The first kappa shape index (κ1) is 18.3. The molecule has 0 spiro atoms. The summed E-state index contributed by atoms with van der Waals surface area (Å²) in [6.45, 7) is 2.06. The zero-order chi connectivity index (χ0) is 19.5. The predicted molar refractivity (Wildman–Crippen MR) is 110 cm³/mol. The smallest absolute Gasteiger partial charge is 0.249 e. The Bertz CT molecular complexity index is 864. The topological polar surface area (TPSA) is 86.6 Å². The molecule has 4 rings (SSSR count). The second-order valence-electron chi connectivity index (χ2n) is 7.19. The van der Waals surface area contributed by atoms with Crippen LogP contribution in [-0.2, 0) is 4.79 Å². The number of aromatic nitrogens is 3. The first-order chi connectivity index (χ1) is 13.7. The van der Waals surface area contributed by atoms with E-state index in [9.17, 15) is 4.79 Å². The van der Waals surface area contributed by atoms with Crippen molar-refractivity contribution in [2.45, 2.75) is 51.1 Å². The third-order valence-corrected chi connectivity index (χ3v) is 5.46. The van der Waals surface area contributed by atoms with Gasteiger partial charge in [0.05, 0.1) is 18.1 Å². The van der Waals surface area contributed by atoms with Gasteiger partial charge in [-0.1, -0.05) is 25.8 Å². The second-order valence-corrected chi connectivity index (χ2v) is 7.19. The van der Waals surface area contributed by atoms with Crippen LogP contribution in [-0.4, -0.2) is 46.2 Å². The summed E-state index contributed by atoms with van der Waals surface area (Å²) < 4.78 is 0. The maximum Gasteiger partial charge on any atom is 0.249 e. The Morgan fingerprint density at radius 1 is 1.29 bits per heavy atom. The molecular weight excluding hydrogens is 354 g/mol. The van der Waals surface area contributed by atoms with Gasteiger partial charge < -0.3 is 9.80 Å². The number of fused-ring (bicyclic) bond motifs is 1. The molecule has 1 fully saturated rings. The minimum absolute atomic E-state index is 0.111. The second kappa shape index (κ2) is 7.92. The first-order valence-electron chi connectivity index (χ1n) is 9.82. The van der Waals surface area contributed by atoms with Gasteiger partial charge in [-0.25, -0.2) is 10.4 Å². The molecule has 1 aliphatic heterocycles. The number of nitrogens with one attached hydrogen (secondary N) is 1. The molecule has 2 aliphatic rings. The molecule has 1 saturated carbocycles. The maximum atomic E-state index is 12.9. The number of anilines is 3. The lowest BCUT2D eigenvalue weighted by Crippen LogP contribution is -2.55. The van der Waals surface area contributed by atoms with E-state index in [0.717, 1.165) is 36.5 Å². The molecule has 1 unspecified atom stereocenters. The van der Waals surface area contributed by atoms with Gasteiger partial charge in [-0.05, 0) is 31.4 Å². The van der Waals surface area contributed by atoms with E-state index in [1.807, 2.05) is 18.2 Å². The summed E-state index contributed by atoms with van der Waals surface area (Å²) in [4.78, 5) is 30.1. The van der Waals surface area contributed by atoms with Crippen molar-refractivity contribution in [3.63, 3.8) is 0 Å². The fraction of sp³-hybridized carbons (Fsp3) is 0.450. The average Bonchev–Trinajstić information content (AvgIpc) is 3.25. The maximum absolute atomic E-state index is 12.9. The molecule has 0 saturated heterocycles. The molecule has 1 aliphatic carbocycles. The average molecular weight is 379 g/mol. The van der Waals surface area contributed by atoms with Gasteiger partial charge >= 0.3 is 0 Å². The van der Waals surface area contributed by atoms with Crippen LogP contribution in [0.2, 0.25) is 0 Å². The van der Waals surface area contributed by atoms with Gasteiger partial charge in [-0.2, -0.15) is 10.1 Å². The molecule has 146 valence electrons. The molecule has 28 heavy (non-hydrogen) atoms. The van der Waals surface area contributed by atoms with E-state index >= 15 is 0 Å². The van der Waals surface area contributed by atoms with E-state index in [1.54, 1.807) is 30.6 Å². The number of nitrogens with zero attached hydrogens (tertiary/aromatic N) is 6. The fourth-order valence-corrected chi connectivity index (χ4v) is 4.05. The summed E-state index contributed by atoms with van der Waals surface area (Å²) in [7, 11) is 1.80. The van der Waals surface area contributed by atoms with E-state index in [2.05, 4.69) is 32.3 Å². The van der Waals surface area contributed by atoms with Gasteiger partial charge in [0.2, 0.25) is 11.9 Å². The van der Waals surface area contributed by atoms with Crippen LogP contribution in [0.3, 0.4) is 0 Å². The van der Waals surface area contributed by atoms with Crippen molar-refractivity contribution < 1.29 is 4.79 Å². The van der Waals surface area contributed by atoms with Crippen LogP contribution in [0.15, 0.2) is 35.7 Å². The Morgan fingerprint density at radius 3 is 2.82 bits per heavy atom. The predicted octanol–water partition coefficient (Wildman–Crippen LogP) is 2.82. The number of pyridine rings is 1. The van der Waals surface area contributed by atoms with Crippen molar-refractivity contribution >= 4 is 29.6 Å². The van der Waals surface area contributed by atoms with E-state index in [1.165, 1.54) is 12.8 Å². The number of carbonyl (C=O) groups is 1. The van der Waals surface area contributed by atoms with Crippen LogP contribution in [0.1, 0.15) is 44.7 Å². The Labute approximate surface area is 164 Å². The Kier molecular flexibility index (Phi) is 5.18. The van der Waals surface area contributed by atoms with Crippen LogP contribution >= 0.6 is 0 Å². The highest BCUT2D eigenvalue weighted by molar-refractivity contribution is 6.04. The third-order valence-electron chi connectivity index (χ3n) is 5.46. The summed E-state index contributed by atoms with van der Waals surface area (Å²) in [6.07, 6.45) is 10.4. The molecule has 1 amide bonds. The highest BCUT2D eigenvalue weighted by Crippen LogP contribution is 2.39. The van der Waals surface area contributed by atoms with Gasteiger partial charge in [0.15, 0.2) is 5.82 Å². The van der Waals surface area contributed by atoms with Crippen LogP contribution in [0.4, 0.5) is 17.5 Å². The van der Waals surface area contributed by atoms with E-state index < -0.39 is 0 Å². The number of hydrogen-bond donors (Lipinski definition) is 1. The molecule has 8 nitrogen and oxygen atoms in total. The van der Waals surface area contributed by atoms with Gasteiger partial charge in [0, 0.05) is 19.3 Å². The molecule has 0 radical (unpaired) electrons. The third kappa shape index (κ3) is 3.42. The summed E-state index contributed by atoms with van der Waals surface area (Å²) in [5, 5.41) is 4.19. The molecule has 2 aromatic heterocycles. The lowest BCUT2D eigenvalue weighted by Gasteiger charge is -2.43. The molecule has 1 N–H and O–H groups in total. The Morgan fingerprint density at radius 2 is 2.11 bits per heavy atom. The zero-order valence-corrected chi connectivity index (χ0v) is 16.2. The zero-order valence-electron chi connectivity index (χ0n) is 16.2. The normalized spacial score (nSPS) is 20.1. The monoisotopic (exact) mass is 379 g/mol. The quantitative estimate of drug-likeness (QED) is 0.635. The van der Waals surface area contributed by atoms with Crippen LogP contribution < -0.4 is 15.2 Å². The number of rotatable bonds is 5. The first-order valence-corrected chi connectivity index (χ1v) is 9.82. The Balaban J connectivity index is 1.64. The number of carbonyl (C=O) groups excluding carboxylic acids is 1. The van der Waals surface area contributed by atoms with E-state index in [-0.39, 0.29) is 11.9 Å². The molecule has 2 aromatic rings. The summed E-state index contributed by atoms with van der Waals surface area (Å²) in [5.74, 6) is 1.33. The molecule has 8 heteroatoms. The molecule has 3 heterocycles. The lowest BCUT2D eigenvalue weighted by molar-refractivity contribution is -0.120. The van der Waals surface area contributed by atoms with E-state index in [4.69, 9.17) is 4.98 Å². The van der Waals surface area contributed by atoms with Crippen LogP contribution in [0, 0.1) is 0 Å². The summed E-state index contributed by atoms with van der Waals surface area (Å²) in [6, 6.07) is 5.80. The lowest BCUT2D eigenvalue weighted by atomic mass is 10.0. The number of hydrogen-bond acceptors (Lipinski definition) is 7. The fourth-order valence-electron chi connectivity index (χ4n) is 4.05. The molecule has 1 atom stereocenters. The van der Waals surface area contributed by atoms with Crippen molar-refractivity contribution in [3.05, 3.63) is 36.3 Å².